The zero-order valence-electron chi connectivity index (χ0n) is 13.6. The second-order valence-corrected chi connectivity index (χ2v) is 5.83. The summed E-state index contributed by atoms with van der Waals surface area (Å²) in [6.07, 6.45) is 1.89. The van der Waals surface area contributed by atoms with Crippen LogP contribution in [0.15, 0.2) is 85.1 Å². The standard InChI is InChI=1S/C21H17N3O/c25-21(22-15-19-14-20-8-4-5-13-24(20)23-19)18-11-9-17(10-12-18)16-6-2-1-3-7-16/h1-14H,15H2,(H,22,25). The molecule has 0 fully saturated rings. The molecule has 1 amide bonds. The molecule has 0 unspecified atom stereocenters. The molecule has 0 spiro atoms. The summed E-state index contributed by atoms with van der Waals surface area (Å²) < 4.78 is 1.80. The maximum absolute atomic E-state index is 12.3. The van der Waals surface area contributed by atoms with E-state index in [9.17, 15) is 4.79 Å². The summed E-state index contributed by atoms with van der Waals surface area (Å²) in [5.41, 5.74) is 4.72. The lowest BCUT2D eigenvalue weighted by Crippen LogP contribution is -2.22. The second kappa shape index (κ2) is 6.61. The van der Waals surface area contributed by atoms with Crippen LogP contribution in [-0.4, -0.2) is 15.5 Å². The van der Waals surface area contributed by atoms with E-state index < -0.39 is 0 Å². The van der Waals surface area contributed by atoms with Crippen molar-refractivity contribution in [2.45, 2.75) is 6.54 Å². The van der Waals surface area contributed by atoms with E-state index in [0.29, 0.717) is 12.1 Å². The van der Waals surface area contributed by atoms with Crippen molar-refractivity contribution in [1.82, 2.24) is 14.9 Å². The van der Waals surface area contributed by atoms with Crippen LogP contribution in [0.5, 0.6) is 0 Å². The van der Waals surface area contributed by atoms with Crippen LogP contribution in [0.4, 0.5) is 0 Å². The van der Waals surface area contributed by atoms with Gasteiger partial charge in [-0.3, -0.25) is 4.79 Å². The van der Waals surface area contributed by atoms with Gasteiger partial charge in [0.25, 0.3) is 5.91 Å². The summed E-state index contributed by atoms with van der Waals surface area (Å²) >= 11 is 0. The largest absolute Gasteiger partial charge is 0.346 e. The summed E-state index contributed by atoms with van der Waals surface area (Å²) in [5.74, 6) is -0.100. The highest BCUT2D eigenvalue weighted by atomic mass is 16.1. The first kappa shape index (κ1) is 15.1. The highest BCUT2D eigenvalue weighted by molar-refractivity contribution is 5.94. The minimum Gasteiger partial charge on any atom is -0.346 e. The number of nitrogens with one attached hydrogen (secondary N) is 1. The number of benzene rings is 2. The van der Waals surface area contributed by atoms with Gasteiger partial charge in [0.1, 0.15) is 0 Å². The predicted octanol–water partition coefficient (Wildman–Crippen LogP) is 3.93. The van der Waals surface area contributed by atoms with E-state index in [2.05, 4.69) is 22.5 Å². The fourth-order valence-corrected chi connectivity index (χ4v) is 2.80. The number of aromatic nitrogens is 2. The van der Waals surface area contributed by atoms with Gasteiger partial charge in [0, 0.05) is 11.8 Å². The van der Waals surface area contributed by atoms with E-state index in [1.807, 2.05) is 72.9 Å². The topological polar surface area (TPSA) is 46.4 Å². The van der Waals surface area contributed by atoms with Crippen LogP contribution in [0.2, 0.25) is 0 Å². The molecule has 2 aromatic heterocycles. The molecule has 0 saturated heterocycles. The minimum atomic E-state index is -0.100. The number of fused-ring (bicyclic) bond motifs is 1. The van der Waals surface area contributed by atoms with Gasteiger partial charge in [0.2, 0.25) is 0 Å². The van der Waals surface area contributed by atoms with Crippen LogP contribution in [-0.2, 0) is 6.54 Å². The van der Waals surface area contributed by atoms with Crippen LogP contribution < -0.4 is 5.32 Å². The molecule has 4 nitrogen and oxygen atoms in total. The Morgan fingerprint density at radius 3 is 2.36 bits per heavy atom. The first-order valence-corrected chi connectivity index (χ1v) is 8.16. The lowest BCUT2D eigenvalue weighted by atomic mass is 10.0. The van der Waals surface area contributed by atoms with Crippen molar-refractivity contribution in [2.24, 2.45) is 0 Å². The average molecular weight is 327 g/mol. The molecule has 0 aliphatic carbocycles. The monoisotopic (exact) mass is 327 g/mol. The van der Waals surface area contributed by atoms with Crippen molar-refractivity contribution in [3.63, 3.8) is 0 Å². The third-order valence-electron chi connectivity index (χ3n) is 4.10. The highest BCUT2D eigenvalue weighted by Crippen LogP contribution is 2.19. The van der Waals surface area contributed by atoms with E-state index in [-0.39, 0.29) is 5.91 Å². The molecule has 4 rings (SSSR count). The van der Waals surface area contributed by atoms with E-state index in [0.717, 1.165) is 22.3 Å². The molecular formula is C21H17N3O. The van der Waals surface area contributed by atoms with Gasteiger partial charge in [-0.25, -0.2) is 4.52 Å². The van der Waals surface area contributed by atoms with Crippen LogP contribution in [0.1, 0.15) is 16.1 Å². The van der Waals surface area contributed by atoms with Crippen LogP contribution >= 0.6 is 0 Å². The van der Waals surface area contributed by atoms with E-state index in [4.69, 9.17) is 0 Å². The number of nitrogens with zero attached hydrogens (tertiary/aromatic N) is 2. The Morgan fingerprint density at radius 2 is 1.60 bits per heavy atom. The molecular weight excluding hydrogens is 310 g/mol. The van der Waals surface area contributed by atoms with Crippen molar-refractivity contribution in [1.29, 1.82) is 0 Å². The van der Waals surface area contributed by atoms with Gasteiger partial charge in [-0.1, -0.05) is 48.5 Å². The van der Waals surface area contributed by atoms with Crippen LogP contribution in [0, 0.1) is 0 Å². The maximum atomic E-state index is 12.3. The van der Waals surface area contributed by atoms with Gasteiger partial charge in [-0.15, -0.1) is 0 Å². The fraction of sp³-hybridized carbons (Fsp3) is 0.0476. The number of hydrogen-bond acceptors (Lipinski definition) is 2. The summed E-state index contributed by atoms with van der Waals surface area (Å²) in [6.45, 7) is 0.404. The third-order valence-corrected chi connectivity index (χ3v) is 4.10. The fourth-order valence-electron chi connectivity index (χ4n) is 2.80. The van der Waals surface area contributed by atoms with Crippen molar-refractivity contribution >= 4 is 11.4 Å². The quantitative estimate of drug-likeness (QED) is 0.617. The van der Waals surface area contributed by atoms with Crippen LogP contribution in [0.3, 0.4) is 0 Å². The van der Waals surface area contributed by atoms with Crippen molar-refractivity contribution < 1.29 is 4.79 Å². The Balaban J connectivity index is 1.44. The second-order valence-electron chi connectivity index (χ2n) is 5.83. The third kappa shape index (κ3) is 3.28. The number of amides is 1. The van der Waals surface area contributed by atoms with Gasteiger partial charge in [0.05, 0.1) is 17.8 Å². The lowest BCUT2D eigenvalue weighted by molar-refractivity contribution is 0.0950. The molecule has 25 heavy (non-hydrogen) atoms. The molecule has 1 N–H and O–H groups in total. The number of pyridine rings is 1. The first-order chi connectivity index (χ1) is 12.3. The Hall–Kier alpha value is -3.40. The summed E-state index contributed by atoms with van der Waals surface area (Å²) in [7, 11) is 0. The maximum Gasteiger partial charge on any atom is 0.251 e. The van der Waals surface area contributed by atoms with Gasteiger partial charge in [-0.05, 0) is 41.5 Å². The smallest absolute Gasteiger partial charge is 0.251 e. The lowest BCUT2D eigenvalue weighted by Gasteiger charge is -2.05. The Labute approximate surface area is 145 Å². The molecule has 0 aliphatic rings. The molecule has 2 heterocycles. The SMILES string of the molecule is O=C(NCc1cc2ccccn2n1)c1ccc(-c2ccccc2)cc1. The minimum absolute atomic E-state index is 0.100. The molecule has 0 aliphatic heterocycles. The number of carbonyl (C=O) groups excluding carboxylic acids is 1. The molecule has 122 valence electrons. The molecule has 4 aromatic rings. The number of carbonyl (C=O) groups is 1. The van der Waals surface area contributed by atoms with Gasteiger partial charge in [-0.2, -0.15) is 5.10 Å². The number of hydrogen-bond donors (Lipinski definition) is 1. The summed E-state index contributed by atoms with van der Waals surface area (Å²) in [4.78, 5) is 12.3. The average Bonchev–Trinajstić information content (AvgIpc) is 3.10. The van der Waals surface area contributed by atoms with Crippen molar-refractivity contribution in [3.05, 3.63) is 96.3 Å². The Bertz CT molecular complexity index is 971. The van der Waals surface area contributed by atoms with Crippen molar-refractivity contribution in [3.8, 4) is 11.1 Å². The molecule has 0 saturated carbocycles. The normalized spacial score (nSPS) is 10.7. The number of rotatable bonds is 4. The van der Waals surface area contributed by atoms with Gasteiger partial charge < -0.3 is 5.32 Å². The van der Waals surface area contributed by atoms with E-state index in [1.54, 1.807) is 4.52 Å². The Kier molecular flexibility index (Phi) is 4.01. The molecule has 0 radical (unpaired) electrons. The highest BCUT2D eigenvalue weighted by Gasteiger charge is 2.07. The molecule has 4 heteroatoms. The van der Waals surface area contributed by atoms with Crippen molar-refractivity contribution in [2.75, 3.05) is 0 Å². The summed E-state index contributed by atoms with van der Waals surface area (Å²) in [6, 6.07) is 25.6. The van der Waals surface area contributed by atoms with E-state index in [1.165, 1.54) is 0 Å². The Morgan fingerprint density at radius 1 is 0.880 bits per heavy atom. The van der Waals surface area contributed by atoms with Gasteiger partial charge >= 0.3 is 0 Å². The zero-order chi connectivity index (χ0) is 17.1. The molecule has 0 bridgehead atoms. The first-order valence-electron chi connectivity index (χ1n) is 8.16. The van der Waals surface area contributed by atoms with Crippen LogP contribution in [0.25, 0.3) is 16.6 Å². The molecule has 0 atom stereocenters. The van der Waals surface area contributed by atoms with E-state index >= 15 is 0 Å². The van der Waals surface area contributed by atoms with Gasteiger partial charge in [0.15, 0.2) is 0 Å². The predicted molar refractivity (Wildman–Crippen MR) is 98.2 cm³/mol. The summed E-state index contributed by atoms with van der Waals surface area (Å²) in [5, 5.41) is 7.35. The zero-order valence-corrected chi connectivity index (χ0v) is 13.6. The molecule has 2 aromatic carbocycles.